The van der Waals surface area contributed by atoms with Crippen LogP contribution in [-0.4, -0.2) is 19.9 Å². The smallest absolute Gasteiger partial charge is 0.327 e. The Morgan fingerprint density at radius 1 is 1.17 bits per heavy atom. The normalized spacial score (nSPS) is 9.67. The second-order valence-corrected chi connectivity index (χ2v) is 1.84. The molecular formula is C6H4N4O2. The van der Waals surface area contributed by atoms with Crippen LogP contribution in [0.25, 0.3) is 0 Å². The molecule has 0 bridgehead atoms. The van der Waals surface area contributed by atoms with Crippen molar-refractivity contribution in [1.29, 1.82) is 0 Å². The monoisotopic (exact) mass is 164 g/mol. The quantitative estimate of drug-likeness (QED) is 0.648. The predicted octanol–water partition coefficient (Wildman–Crippen LogP) is 0.652. The number of oxazole rings is 1. The zero-order valence-corrected chi connectivity index (χ0v) is 5.91. The van der Waals surface area contributed by atoms with Crippen molar-refractivity contribution >= 4 is 0 Å². The van der Waals surface area contributed by atoms with Gasteiger partial charge >= 0.3 is 12.0 Å². The van der Waals surface area contributed by atoms with Gasteiger partial charge in [0.15, 0.2) is 6.39 Å². The van der Waals surface area contributed by atoms with Gasteiger partial charge in [-0.3, -0.25) is 0 Å². The van der Waals surface area contributed by atoms with Crippen LogP contribution in [0.3, 0.4) is 0 Å². The number of hydrogen-bond acceptors (Lipinski definition) is 6. The molecule has 0 aliphatic carbocycles. The maximum atomic E-state index is 5.03. The molecule has 0 fully saturated rings. The largest absolute Gasteiger partial charge is 0.413 e. The van der Waals surface area contributed by atoms with Gasteiger partial charge < -0.3 is 9.15 Å². The first-order valence-electron chi connectivity index (χ1n) is 3.13. The van der Waals surface area contributed by atoms with E-state index in [0.717, 1.165) is 0 Å². The van der Waals surface area contributed by atoms with Crippen LogP contribution in [0.1, 0.15) is 0 Å². The van der Waals surface area contributed by atoms with E-state index < -0.39 is 0 Å². The molecule has 2 heterocycles. The Morgan fingerprint density at radius 3 is 2.67 bits per heavy atom. The Bertz CT molecular complexity index is 334. The maximum Gasteiger partial charge on any atom is 0.327 e. The zero-order chi connectivity index (χ0) is 8.23. The molecule has 60 valence electrons. The predicted molar refractivity (Wildman–Crippen MR) is 36.4 cm³/mol. The third-order valence-corrected chi connectivity index (χ3v) is 1.07. The van der Waals surface area contributed by atoms with Gasteiger partial charge in [-0.05, 0) is 0 Å². The summed E-state index contributed by atoms with van der Waals surface area (Å²) in [4.78, 5) is 14.7. The van der Waals surface area contributed by atoms with Gasteiger partial charge in [0.05, 0.1) is 0 Å². The van der Waals surface area contributed by atoms with Crippen LogP contribution in [0, 0.1) is 0 Å². The fourth-order valence-corrected chi connectivity index (χ4v) is 0.626. The van der Waals surface area contributed by atoms with E-state index in [1.165, 1.54) is 25.2 Å². The summed E-state index contributed by atoms with van der Waals surface area (Å²) < 4.78 is 9.83. The molecule has 6 heteroatoms. The Hall–Kier alpha value is -1.98. The van der Waals surface area contributed by atoms with Gasteiger partial charge in [0.1, 0.15) is 18.9 Å². The van der Waals surface area contributed by atoms with Crippen molar-refractivity contribution < 1.29 is 9.15 Å². The van der Waals surface area contributed by atoms with E-state index in [1.807, 2.05) is 0 Å². The lowest BCUT2D eigenvalue weighted by Crippen LogP contribution is -1.89. The van der Waals surface area contributed by atoms with Crippen molar-refractivity contribution in [3.63, 3.8) is 0 Å². The summed E-state index contributed by atoms with van der Waals surface area (Å²) in [6.07, 6.45) is 5.34. The summed E-state index contributed by atoms with van der Waals surface area (Å²) in [6, 6.07) is 0.182. The van der Waals surface area contributed by atoms with Gasteiger partial charge in [0.2, 0.25) is 0 Å². The molecule has 2 aromatic heterocycles. The van der Waals surface area contributed by atoms with Gasteiger partial charge in [-0.15, -0.1) is 0 Å². The maximum absolute atomic E-state index is 5.03. The molecule has 0 spiro atoms. The number of rotatable bonds is 2. The summed E-state index contributed by atoms with van der Waals surface area (Å²) in [7, 11) is 0. The lowest BCUT2D eigenvalue weighted by atomic mass is 10.9. The fraction of sp³-hybridized carbons (Fsp3) is 0. The van der Waals surface area contributed by atoms with Crippen LogP contribution < -0.4 is 4.74 Å². The summed E-state index contributed by atoms with van der Waals surface area (Å²) in [5.41, 5.74) is 0. The number of aromatic nitrogens is 4. The second-order valence-electron chi connectivity index (χ2n) is 1.84. The Balaban J connectivity index is 2.15. The first kappa shape index (κ1) is 6.71. The molecule has 0 N–H and O–H groups in total. The molecule has 6 nitrogen and oxygen atoms in total. The van der Waals surface area contributed by atoms with E-state index in [-0.39, 0.29) is 12.0 Å². The first-order valence-corrected chi connectivity index (χ1v) is 3.13. The van der Waals surface area contributed by atoms with Gasteiger partial charge in [-0.1, -0.05) is 0 Å². The van der Waals surface area contributed by atoms with E-state index in [4.69, 9.17) is 9.15 Å². The van der Waals surface area contributed by atoms with Gasteiger partial charge in [0, 0.05) is 0 Å². The Kier molecular flexibility index (Phi) is 1.65. The first-order chi connectivity index (χ1) is 5.95. The minimum atomic E-state index is 0.182. The van der Waals surface area contributed by atoms with Gasteiger partial charge in [0.25, 0.3) is 0 Å². The summed E-state index contributed by atoms with van der Waals surface area (Å²) >= 11 is 0. The Labute approximate surface area is 67.3 Å². The highest BCUT2D eigenvalue weighted by Crippen LogP contribution is 2.13. The van der Waals surface area contributed by atoms with Gasteiger partial charge in [-0.2, -0.15) is 9.97 Å². The molecule has 0 aromatic carbocycles. The summed E-state index contributed by atoms with van der Waals surface area (Å²) in [5.74, 6) is 0.251. The van der Waals surface area contributed by atoms with E-state index in [2.05, 4.69) is 19.9 Å². The van der Waals surface area contributed by atoms with Crippen molar-refractivity contribution in [2.24, 2.45) is 0 Å². The minimum absolute atomic E-state index is 0.182. The van der Waals surface area contributed by atoms with Crippen molar-refractivity contribution in [1.82, 2.24) is 19.9 Å². The highest BCUT2D eigenvalue weighted by atomic mass is 16.6. The third kappa shape index (κ3) is 1.36. The van der Waals surface area contributed by atoms with E-state index in [1.54, 1.807) is 0 Å². The van der Waals surface area contributed by atoms with Crippen LogP contribution in [-0.2, 0) is 0 Å². The van der Waals surface area contributed by atoms with Crippen LogP contribution in [0.5, 0.6) is 12.0 Å². The number of nitrogens with zero attached hydrogens (tertiary/aromatic N) is 4. The lowest BCUT2D eigenvalue weighted by molar-refractivity contribution is 0.325. The molecule has 0 aliphatic heterocycles. The molecule has 0 radical (unpaired) electrons. The van der Waals surface area contributed by atoms with Crippen molar-refractivity contribution in [2.45, 2.75) is 0 Å². The Morgan fingerprint density at radius 2 is 2.00 bits per heavy atom. The van der Waals surface area contributed by atoms with Crippen LogP contribution >= 0.6 is 0 Å². The lowest BCUT2D eigenvalue weighted by Gasteiger charge is -1.94. The van der Waals surface area contributed by atoms with Crippen LogP contribution in [0.2, 0.25) is 0 Å². The van der Waals surface area contributed by atoms with E-state index >= 15 is 0 Å². The SMILES string of the molecule is c1ncnc(Oc2cnco2)n1. The average molecular weight is 164 g/mol. The summed E-state index contributed by atoms with van der Waals surface area (Å²) in [6.45, 7) is 0. The highest BCUT2D eigenvalue weighted by Gasteiger charge is 2.00. The molecular weight excluding hydrogens is 160 g/mol. The number of ether oxygens (including phenoxy) is 1. The van der Waals surface area contributed by atoms with E-state index in [9.17, 15) is 0 Å². The standard InChI is InChI=1S/C6H4N4O2/c1-5(11-4-7-1)12-6-9-2-8-3-10-6/h1-4H. The molecule has 2 aromatic rings. The average Bonchev–Trinajstić information content (AvgIpc) is 2.59. The van der Waals surface area contributed by atoms with E-state index in [0.29, 0.717) is 0 Å². The van der Waals surface area contributed by atoms with Crippen molar-refractivity contribution in [2.75, 3.05) is 0 Å². The van der Waals surface area contributed by atoms with Crippen molar-refractivity contribution in [3.8, 4) is 12.0 Å². The van der Waals surface area contributed by atoms with Crippen LogP contribution in [0.4, 0.5) is 0 Å². The second kappa shape index (κ2) is 2.95. The third-order valence-electron chi connectivity index (χ3n) is 1.07. The molecule has 0 saturated heterocycles. The topological polar surface area (TPSA) is 73.9 Å². The van der Waals surface area contributed by atoms with Crippen LogP contribution in [0.15, 0.2) is 29.7 Å². The molecule has 0 aliphatic rings. The van der Waals surface area contributed by atoms with Gasteiger partial charge in [-0.25, -0.2) is 9.97 Å². The fourth-order valence-electron chi connectivity index (χ4n) is 0.626. The minimum Gasteiger partial charge on any atom is -0.413 e. The molecule has 0 amide bonds. The van der Waals surface area contributed by atoms with Crippen molar-refractivity contribution in [3.05, 3.63) is 25.2 Å². The molecule has 0 atom stereocenters. The summed E-state index contributed by atoms with van der Waals surface area (Å²) in [5, 5.41) is 0. The molecule has 0 unspecified atom stereocenters. The molecule has 12 heavy (non-hydrogen) atoms. The number of hydrogen-bond donors (Lipinski definition) is 0. The zero-order valence-electron chi connectivity index (χ0n) is 5.91. The molecule has 2 rings (SSSR count). The molecule has 0 saturated carbocycles. The highest BCUT2D eigenvalue weighted by molar-refractivity contribution is 5.03.